The molecule has 0 spiro atoms. The van der Waals surface area contributed by atoms with Crippen LogP contribution in [0.15, 0.2) is 83.8 Å². The highest BCUT2D eigenvalue weighted by atomic mass is 32.2. The van der Waals surface area contributed by atoms with E-state index in [1.165, 1.54) is 16.8 Å². The van der Waals surface area contributed by atoms with Crippen molar-refractivity contribution in [2.75, 3.05) is 44.2 Å². The standard InChI is InChI=1S/C27H33N3O2S/c1-23-12-14-27(15-13-23)33(31,32)28-16-5-6-17-29-18-20-30(21-19-29)26-11-7-10-25(22-26)24-8-3-2-4-9-24/h2-4,7-15,22,28H,5-6,16-21H2,1H3. The predicted molar refractivity (Wildman–Crippen MR) is 136 cm³/mol. The van der Waals surface area contributed by atoms with E-state index in [9.17, 15) is 8.42 Å². The molecule has 1 heterocycles. The minimum absolute atomic E-state index is 0.334. The van der Waals surface area contributed by atoms with Crippen LogP contribution in [0.1, 0.15) is 18.4 Å². The minimum atomic E-state index is -3.41. The fraction of sp³-hybridized carbons (Fsp3) is 0.333. The van der Waals surface area contributed by atoms with Gasteiger partial charge >= 0.3 is 0 Å². The molecule has 5 nitrogen and oxygen atoms in total. The largest absolute Gasteiger partial charge is 0.369 e. The van der Waals surface area contributed by atoms with Crippen molar-refractivity contribution in [2.45, 2.75) is 24.7 Å². The van der Waals surface area contributed by atoms with E-state index in [1.54, 1.807) is 12.1 Å². The Morgan fingerprint density at radius 2 is 1.48 bits per heavy atom. The zero-order valence-corrected chi connectivity index (χ0v) is 20.1. The maximum atomic E-state index is 12.4. The van der Waals surface area contributed by atoms with E-state index in [0.717, 1.165) is 51.1 Å². The number of benzene rings is 3. The third-order valence-corrected chi connectivity index (χ3v) is 7.69. The number of piperazine rings is 1. The van der Waals surface area contributed by atoms with Gasteiger partial charge in [0.1, 0.15) is 0 Å². The number of nitrogens with zero attached hydrogens (tertiary/aromatic N) is 2. The van der Waals surface area contributed by atoms with E-state index in [1.807, 2.05) is 25.1 Å². The number of unbranched alkanes of at least 4 members (excludes halogenated alkanes) is 1. The topological polar surface area (TPSA) is 52.7 Å². The van der Waals surface area contributed by atoms with Crippen molar-refractivity contribution in [1.29, 1.82) is 0 Å². The highest BCUT2D eigenvalue weighted by Crippen LogP contribution is 2.25. The lowest BCUT2D eigenvalue weighted by Crippen LogP contribution is -2.46. The molecule has 0 radical (unpaired) electrons. The van der Waals surface area contributed by atoms with Gasteiger partial charge in [-0.1, -0.05) is 60.2 Å². The number of aryl methyl sites for hydroxylation is 1. The van der Waals surface area contributed by atoms with Crippen molar-refractivity contribution in [3.8, 4) is 11.1 Å². The highest BCUT2D eigenvalue weighted by molar-refractivity contribution is 7.89. The molecule has 0 saturated carbocycles. The van der Waals surface area contributed by atoms with Crippen molar-refractivity contribution in [3.05, 3.63) is 84.4 Å². The number of anilines is 1. The second-order valence-electron chi connectivity index (χ2n) is 8.66. The van der Waals surface area contributed by atoms with Crippen molar-refractivity contribution in [1.82, 2.24) is 9.62 Å². The number of rotatable bonds is 9. The van der Waals surface area contributed by atoms with E-state index in [-0.39, 0.29) is 0 Å². The van der Waals surface area contributed by atoms with Gasteiger partial charge in [0.15, 0.2) is 0 Å². The van der Waals surface area contributed by atoms with Gasteiger partial charge in [0.25, 0.3) is 0 Å². The molecular weight excluding hydrogens is 430 g/mol. The van der Waals surface area contributed by atoms with E-state index in [4.69, 9.17) is 0 Å². The van der Waals surface area contributed by atoms with Crippen LogP contribution in [0, 0.1) is 6.92 Å². The summed E-state index contributed by atoms with van der Waals surface area (Å²) in [6.07, 6.45) is 1.82. The van der Waals surface area contributed by atoms with Crippen LogP contribution in [-0.4, -0.2) is 52.6 Å². The van der Waals surface area contributed by atoms with Gasteiger partial charge in [-0.3, -0.25) is 4.90 Å². The molecule has 0 aliphatic carbocycles. The molecule has 0 aromatic heterocycles. The number of nitrogens with one attached hydrogen (secondary N) is 1. The van der Waals surface area contributed by atoms with Crippen LogP contribution in [0.3, 0.4) is 0 Å². The van der Waals surface area contributed by atoms with Gasteiger partial charge in [-0.05, 0) is 61.7 Å². The third kappa shape index (κ3) is 6.44. The first-order chi connectivity index (χ1) is 16.0. The summed E-state index contributed by atoms with van der Waals surface area (Å²) < 4.78 is 27.5. The van der Waals surface area contributed by atoms with Crippen LogP contribution in [0.25, 0.3) is 11.1 Å². The van der Waals surface area contributed by atoms with Crippen LogP contribution in [0.4, 0.5) is 5.69 Å². The van der Waals surface area contributed by atoms with E-state index in [2.05, 4.69) is 63.1 Å². The lowest BCUT2D eigenvalue weighted by Gasteiger charge is -2.36. The lowest BCUT2D eigenvalue weighted by molar-refractivity contribution is 0.253. The molecule has 174 valence electrons. The van der Waals surface area contributed by atoms with Gasteiger partial charge in [-0.15, -0.1) is 0 Å². The summed E-state index contributed by atoms with van der Waals surface area (Å²) in [5.41, 5.74) is 4.83. The molecule has 0 unspecified atom stereocenters. The maximum Gasteiger partial charge on any atom is 0.240 e. The van der Waals surface area contributed by atoms with Crippen LogP contribution < -0.4 is 9.62 Å². The van der Waals surface area contributed by atoms with E-state index < -0.39 is 10.0 Å². The molecule has 4 rings (SSSR count). The monoisotopic (exact) mass is 463 g/mol. The molecule has 1 saturated heterocycles. The fourth-order valence-corrected chi connectivity index (χ4v) is 5.28. The lowest BCUT2D eigenvalue weighted by atomic mass is 10.0. The summed E-state index contributed by atoms with van der Waals surface area (Å²) in [6.45, 7) is 7.52. The zero-order valence-electron chi connectivity index (χ0n) is 19.3. The first kappa shape index (κ1) is 23.5. The van der Waals surface area contributed by atoms with Crippen molar-refractivity contribution >= 4 is 15.7 Å². The molecule has 0 bridgehead atoms. The Kier molecular flexibility index (Phi) is 7.81. The highest BCUT2D eigenvalue weighted by Gasteiger charge is 2.17. The predicted octanol–water partition coefficient (Wildman–Crippen LogP) is 4.54. The number of hydrogen-bond donors (Lipinski definition) is 1. The fourth-order valence-electron chi connectivity index (χ4n) is 4.21. The van der Waals surface area contributed by atoms with Crippen LogP contribution in [-0.2, 0) is 10.0 Å². The summed E-state index contributed by atoms with van der Waals surface area (Å²) in [4.78, 5) is 5.27. The molecule has 3 aromatic carbocycles. The molecule has 6 heteroatoms. The summed E-state index contributed by atoms with van der Waals surface area (Å²) in [5, 5.41) is 0. The molecular formula is C27H33N3O2S. The summed E-state index contributed by atoms with van der Waals surface area (Å²) >= 11 is 0. The summed E-state index contributed by atoms with van der Waals surface area (Å²) in [7, 11) is -3.41. The van der Waals surface area contributed by atoms with Gasteiger partial charge in [-0.2, -0.15) is 0 Å². The number of hydrogen-bond acceptors (Lipinski definition) is 4. The Balaban J connectivity index is 1.19. The summed E-state index contributed by atoms with van der Waals surface area (Å²) in [5.74, 6) is 0. The second kappa shape index (κ2) is 11.0. The van der Waals surface area contributed by atoms with Crippen LogP contribution >= 0.6 is 0 Å². The van der Waals surface area contributed by atoms with Gasteiger partial charge in [0, 0.05) is 38.4 Å². The van der Waals surface area contributed by atoms with Crippen molar-refractivity contribution < 1.29 is 8.42 Å². The minimum Gasteiger partial charge on any atom is -0.369 e. The Bertz CT molecular complexity index is 1120. The molecule has 1 N–H and O–H groups in total. The van der Waals surface area contributed by atoms with E-state index in [0.29, 0.717) is 11.4 Å². The average Bonchev–Trinajstić information content (AvgIpc) is 2.85. The first-order valence-electron chi connectivity index (χ1n) is 11.7. The molecule has 3 aromatic rings. The summed E-state index contributed by atoms with van der Waals surface area (Å²) in [6, 6.07) is 26.3. The molecule has 0 atom stereocenters. The van der Waals surface area contributed by atoms with Gasteiger partial charge < -0.3 is 4.90 Å². The Morgan fingerprint density at radius 3 is 2.21 bits per heavy atom. The Hall–Kier alpha value is -2.67. The molecule has 0 amide bonds. The quantitative estimate of drug-likeness (QED) is 0.473. The second-order valence-corrected chi connectivity index (χ2v) is 10.4. The normalized spacial score (nSPS) is 15.0. The Labute approximate surface area is 198 Å². The Morgan fingerprint density at radius 1 is 0.788 bits per heavy atom. The third-order valence-electron chi connectivity index (χ3n) is 6.22. The maximum absolute atomic E-state index is 12.4. The molecule has 1 fully saturated rings. The average molecular weight is 464 g/mol. The van der Waals surface area contributed by atoms with Crippen LogP contribution in [0.5, 0.6) is 0 Å². The van der Waals surface area contributed by atoms with Gasteiger partial charge in [0.2, 0.25) is 10.0 Å². The van der Waals surface area contributed by atoms with Crippen molar-refractivity contribution in [2.24, 2.45) is 0 Å². The van der Waals surface area contributed by atoms with Crippen LogP contribution in [0.2, 0.25) is 0 Å². The van der Waals surface area contributed by atoms with Gasteiger partial charge in [-0.25, -0.2) is 13.1 Å². The van der Waals surface area contributed by atoms with Gasteiger partial charge in [0.05, 0.1) is 4.90 Å². The molecule has 1 aliphatic rings. The molecule has 1 aliphatic heterocycles. The zero-order chi connectivity index (χ0) is 23.1. The first-order valence-corrected chi connectivity index (χ1v) is 13.2. The van der Waals surface area contributed by atoms with E-state index >= 15 is 0 Å². The number of sulfonamides is 1. The SMILES string of the molecule is Cc1ccc(S(=O)(=O)NCCCCN2CCN(c3cccc(-c4ccccc4)c3)CC2)cc1. The van der Waals surface area contributed by atoms with Crippen molar-refractivity contribution in [3.63, 3.8) is 0 Å². The molecule has 33 heavy (non-hydrogen) atoms. The smallest absolute Gasteiger partial charge is 0.240 e.